The Hall–Kier alpha value is -1.94. The number of sulfonamides is 1. The quantitative estimate of drug-likeness (QED) is 0.784. The lowest BCUT2D eigenvalue weighted by Gasteiger charge is -2.11. The van der Waals surface area contributed by atoms with Crippen molar-refractivity contribution in [1.82, 2.24) is 0 Å². The zero-order chi connectivity index (χ0) is 13.1. The second-order valence-electron chi connectivity index (χ2n) is 3.30. The third-order valence-corrected chi connectivity index (χ3v) is 3.65. The van der Waals surface area contributed by atoms with Crippen molar-refractivity contribution < 1.29 is 18.3 Å². The summed E-state index contributed by atoms with van der Waals surface area (Å²) in [5, 5.41) is 16.9. The van der Waals surface area contributed by atoms with Crippen molar-refractivity contribution in [3.63, 3.8) is 0 Å². The number of methoxy groups -OCH3 is 1. The maximum atomic E-state index is 11.6. The fraction of sp³-hybridized carbons (Fsp3) is 0.300. The third kappa shape index (κ3) is 3.01. The standard InChI is InChI=1S/C10H12N2O4S/c1-7(6-11)17(14,15)12-9-4-3-8(16-2)5-10(9)13/h3-5,7,12-13H,1-2H3. The second-order valence-corrected chi connectivity index (χ2v) is 5.30. The average molecular weight is 256 g/mol. The van der Waals surface area contributed by atoms with Crippen LogP contribution in [0.3, 0.4) is 0 Å². The fourth-order valence-corrected chi connectivity index (χ4v) is 1.83. The van der Waals surface area contributed by atoms with Crippen LogP contribution >= 0.6 is 0 Å². The normalized spacial score (nSPS) is 12.5. The summed E-state index contributed by atoms with van der Waals surface area (Å²) < 4.78 is 30.1. The number of ether oxygens (including phenoxy) is 1. The lowest BCUT2D eigenvalue weighted by atomic mass is 10.3. The highest BCUT2D eigenvalue weighted by molar-refractivity contribution is 7.93. The number of hydrogen-bond acceptors (Lipinski definition) is 5. The Balaban J connectivity index is 3.02. The lowest BCUT2D eigenvalue weighted by Crippen LogP contribution is -2.23. The van der Waals surface area contributed by atoms with Gasteiger partial charge in [-0.25, -0.2) is 8.42 Å². The molecule has 0 heterocycles. The number of phenolic OH excluding ortho intramolecular Hbond substituents is 1. The van der Waals surface area contributed by atoms with Gasteiger partial charge < -0.3 is 9.84 Å². The van der Waals surface area contributed by atoms with E-state index in [1.54, 1.807) is 6.07 Å². The molecule has 17 heavy (non-hydrogen) atoms. The van der Waals surface area contributed by atoms with Crippen LogP contribution in [-0.4, -0.2) is 25.9 Å². The van der Waals surface area contributed by atoms with Gasteiger partial charge in [0.15, 0.2) is 5.25 Å². The predicted octanol–water partition coefficient (Wildman–Crippen LogP) is 1.05. The van der Waals surface area contributed by atoms with Crippen LogP contribution in [0.1, 0.15) is 6.92 Å². The molecule has 0 aliphatic rings. The number of nitrogens with one attached hydrogen (secondary N) is 1. The Bertz CT molecular complexity index is 548. The molecule has 1 rings (SSSR count). The zero-order valence-corrected chi connectivity index (χ0v) is 10.2. The first-order valence-corrected chi connectivity index (χ1v) is 6.23. The van der Waals surface area contributed by atoms with E-state index < -0.39 is 15.3 Å². The van der Waals surface area contributed by atoms with Gasteiger partial charge in [0.2, 0.25) is 10.0 Å². The summed E-state index contributed by atoms with van der Waals surface area (Å²) in [4.78, 5) is 0. The Morgan fingerprint density at radius 2 is 2.18 bits per heavy atom. The minimum Gasteiger partial charge on any atom is -0.506 e. The van der Waals surface area contributed by atoms with Crippen molar-refractivity contribution in [2.45, 2.75) is 12.2 Å². The van der Waals surface area contributed by atoms with Crippen molar-refractivity contribution in [2.24, 2.45) is 0 Å². The minimum absolute atomic E-state index is 0.00731. The number of anilines is 1. The van der Waals surface area contributed by atoms with E-state index in [4.69, 9.17) is 10.00 Å². The van der Waals surface area contributed by atoms with Crippen LogP contribution in [0.25, 0.3) is 0 Å². The van der Waals surface area contributed by atoms with Gasteiger partial charge >= 0.3 is 0 Å². The summed E-state index contributed by atoms with van der Waals surface area (Å²) in [6.45, 7) is 1.25. The summed E-state index contributed by atoms with van der Waals surface area (Å²) >= 11 is 0. The molecule has 0 fully saturated rings. The molecular weight excluding hydrogens is 244 g/mol. The highest BCUT2D eigenvalue weighted by atomic mass is 32.2. The summed E-state index contributed by atoms with van der Waals surface area (Å²) in [5.74, 6) is 0.136. The summed E-state index contributed by atoms with van der Waals surface area (Å²) in [5.41, 5.74) is 0.00731. The van der Waals surface area contributed by atoms with Crippen molar-refractivity contribution in [2.75, 3.05) is 11.8 Å². The van der Waals surface area contributed by atoms with Crippen molar-refractivity contribution in [1.29, 1.82) is 5.26 Å². The van der Waals surface area contributed by atoms with Gasteiger partial charge in [0, 0.05) is 6.07 Å². The zero-order valence-electron chi connectivity index (χ0n) is 9.34. The van der Waals surface area contributed by atoms with Crippen LogP contribution in [0, 0.1) is 11.3 Å². The van der Waals surface area contributed by atoms with Gasteiger partial charge in [-0.1, -0.05) is 0 Å². The molecule has 92 valence electrons. The fourth-order valence-electron chi connectivity index (χ4n) is 1.04. The number of phenols is 1. The van der Waals surface area contributed by atoms with E-state index in [0.29, 0.717) is 5.75 Å². The molecule has 1 aromatic rings. The maximum absolute atomic E-state index is 11.6. The predicted molar refractivity (Wildman–Crippen MR) is 62.3 cm³/mol. The maximum Gasteiger partial charge on any atom is 0.248 e. The first-order chi connectivity index (χ1) is 7.90. The Labute approximate surface area is 99.5 Å². The molecule has 0 aliphatic heterocycles. The summed E-state index contributed by atoms with van der Waals surface area (Å²) in [6, 6.07) is 5.73. The van der Waals surface area contributed by atoms with E-state index in [1.807, 2.05) is 0 Å². The van der Waals surface area contributed by atoms with Crippen LogP contribution < -0.4 is 9.46 Å². The van der Waals surface area contributed by atoms with Crippen LogP contribution in [-0.2, 0) is 10.0 Å². The van der Waals surface area contributed by atoms with Gasteiger partial charge in [0.1, 0.15) is 11.5 Å². The number of hydrogen-bond donors (Lipinski definition) is 2. The number of nitrogens with zero attached hydrogens (tertiary/aromatic N) is 1. The molecule has 1 aromatic carbocycles. The highest BCUT2D eigenvalue weighted by Gasteiger charge is 2.21. The first kappa shape index (κ1) is 13.1. The number of rotatable bonds is 4. The SMILES string of the molecule is COc1ccc(NS(=O)(=O)C(C)C#N)c(O)c1. The Morgan fingerprint density at radius 1 is 1.53 bits per heavy atom. The second kappa shape index (κ2) is 4.93. The van der Waals surface area contributed by atoms with E-state index in [9.17, 15) is 13.5 Å². The molecule has 0 spiro atoms. The minimum atomic E-state index is -3.82. The highest BCUT2D eigenvalue weighted by Crippen LogP contribution is 2.29. The van der Waals surface area contributed by atoms with Crippen molar-refractivity contribution >= 4 is 15.7 Å². The molecule has 0 saturated heterocycles. The summed E-state index contributed by atoms with van der Waals surface area (Å²) in [6.07, 6.45) is 0. The molecular formula is C10H12N2O4S. The number of benzene rings is 1. The topological polar surface area (TPSA) is 99.4 Å². The van der Waals surface area contributed by atoms with Gasteiger partial charge in [0.05, 0.1) is 18.9 Å². The van der Waals surface area contributed by atoms with Gasteiger partial charge in [-0.3, -0.25) is 4.72 Å². The van der Waals surface area contributed by atoms with Gasteiger partial charge in [-0.05, 0) is 19.1 Å². The molecule has 0 saturated carbocycles. The van der Waals surface area contributed by atoms with Gasteiger partial charge in [0.25, 0.3) is 0 Å². The van der Waals surface area contributed by atoms with Crippen LogP contribution in [0.5, 0.6) is 11.5 Å². The van der Waals surface area contributed by atoms with E-state index in [0.717, 1.165) is 0 Å². The van der Waals surface area contributed by atoms with Crippen molar-refractivity contribution in [3.8, 4) is 17.6 Å². The van der Waals surface area contributed by atoms with E-state index >= 15 is 0 Å². The van der Waals surface area contributed by atoms with Crippen LogP contribution in [0.15, 0.2) is 18.2 Å². The molecule has 0 bridgehead atoms. The molecule has 1 atom stereocenters. The Kier molecular flexibility index (Phi) is 3.81. The largest absolute Gasteiger partial charge is 0.506 e. The van der Waals surface area contributed by atoms with Gasteiger partial charge in [-0.15, -0.1) is 0 Å². The Morgan fingerprint density at radius 3 is 2.65 bits per heavy atom. The number of aromatic hydroxyl groups is 1. The smallest absolute Gasteiger partial charge is 0.248 e. The molecule has 1 unspecified atom stereocenters. The van der Waals surface area contributed by atoms with E-state index in [2.05, 4.69) is 4.72 Å². The molecule has 6 nitrogen and oxygen atoms in total. The van der Waals surface area contributed by atoms with E-state index in [-0.39, 0.29) is 11.4 Å². The average Bonchev–Trinajstić information content (AvgIpc) is 2.30. The molecule has 7 heteroatoms. The van der Waals surface area contributed by atoms with E-state index in [1.165, 1.54) is 32.2 Å². The molecule has 0 aliphatic carbocycles. The van der Waals surface area contributed by atoms with Crippen LogP contribution in [0.4, 0.5) is 5.69 Å². The van der Waals surface area contributed by atoms with Crippen molar-refractivity contribution in [3.05, 3.63) is 18.2 Å². The summed E-state index contributed by atoms with van der Waals surface area (Å²) in [7, 11) is -2.39. The monoisotopic (exact) mass is 256 g/mol. The number of nitriles is 1. The molecule has 2 N–H and O–H groups in total. The van der Waals surface area contributed by atoms with Gasteiger partial charge in [-0.2, -0.15) is 5.26 Å². The third-order valence-electron chi connectivity index (χ3n) is 2.10. The molecule has 0 radical (unpaired) electrons. The van der Waals surface area contributed by atoms with Crippen LogP contribution in [0.2, 0.25) is 0 Å². The molecule has 0 amide bonds. The first-order valence-electron chi connectivity index (χ1n) is 4.69. The lowest BCUT2D eigenvalue weighted by molar-refractivity contribution is 0.408. The molecule has 0 aromatic heterocycles.